The Bertz CT molecular complexity index is 435. The van der Waals surface area contributed by atoms with Crippen LogP contribution < -0.4 is 5.73 Å². The molecular weight excluding hydrogens is 238 g/mol. The van der Waals surface area contributed by atoms with E-state index in [1.54, 1.807) is 0 Å². The van der Waals surface area contributed by atoms with Gasteiger partial charge in [0.2, 0.25) is 0 Å². The second-order valence-corrected chi connectivity index (χ2v) is 6.84. The molecule has 19 heavy (non-hydrogen) atoms. The lowest BCUT2D eigenvalue weighted by atomic mass is 9.79. The summed E-state index contributed by atoms with van der Waals surface area (Å²) in [6, 6.07) is 8.14. The van der Waals surface area contributed by atoms with E-state index in [0.717, 1.165) is 5.56 Å². The maximum atomic E-state index is 11.0. The predicted molar refractivity (Wildman–Crippen MR) is 78.4 cm³/mol. The largest absolute Gasteiger partial charge is 0.481 e. The number of rotatable bonds is 4. The third-order valence-corrected chi connectivity index (χ3v) is 3.46. The molecule has 0 aliphatic carbocycles. The molecule has 1 aromatic carbocycles. The van der Waals surface area contributed by atoms with Crippen molar-refractivity contribution in [3.8, 4) is 0 Å². The normalized spacial score (nSPS) is 14.2. The van der Waals surface area contributed by atoms with Crippen molar-refractivity contribution in [2.75, 3.05) is 0 Å². The van der Waals surface area contributed by atoms with Crippen molar-refractivity contribution in [1.29, 1.82) is 0 Å². The molecule has 0 saturated heterocycles. The third kappa shape index (κ3) is 4.35. The zero-order chi connectivity index (χ0) is 14.8. The lowest BCUT2D eigenvalue weighted by Gasteiger charge is -2.30. The minimum Gasteiger partial charge on any atom is -0.481 e. The van der Waals surface area contributed by atoms with Crippen LogP contribution in [0.3, 0.4) is 0 Å². The number of benzene rings is 1. The average molecular weight is 263 g/mol. The Morgan fingerprint density at radius 3 is 1.95 bits per heavy atom. The fourth-order valence-electron chi connectivity index (χ4n) is 2.20. The Morgan fingerprint density at radius 2 is 1.63 bits per heavy atom. The fraction of sp³-hybridized carbons (Fsp3) is 0.562. The van der Waals surface area contributed by atoms with Crippen molar-refractivity contribution >= 4 is 5.97 Å². The van der Waals surface area contributed by atoms with E-state index in [-0.39, 0.29) is 17.8 Å². The quantitative estimate of drug-likeness (QED) is 0.876. The van der Waals surface area contributed by atoms with Gasteiger partial charge in [0.25, 0.3) is 0 Å². The van der Waals surface area contributed by atoms with Gasteiger partial charge in [0.1, 0.15) is 0 Å². The summed E-state index contributed by atoms with van der Waals surface area (Å²) in [4.78, 5) is 11.0. The van der Waals surface area contributed by atoms with E-state index in [2.05, 4.69) is 32.9 Å². The fourth-order valence-corrected chi connectivity index (χ4v) is 2.20. The van der Waals surface area contributed by atoms with Crippen LogP contribution in [0.15, 0.2) is 24.3 Å². The molecule has 1 aromatic rings. The van der Waals surface area contributed by atoms with Crippen molar-refractivity contribution in [2.24, 2.45) is 5.73 Å². The minimum absolute atomic E-state index is 0.0539. The van der Waals surface area contributed by atoms with E-state index in [9.17, 15) is 4.79 Å². The molecule has 0 radical (unpaired) electrons. The first-order valence-electron chi connectivity index (χ1n) is 6.63. The zero-order valence-electron chi connectivity index (χ0n) is 12.5. The van der Waals surface area contributed by atoms with Gasteiger partial charge in [-0.3, -0.25) is 4.79 Å². The van der Waals surface area contributed by atoms with Gasteiger partial charge in [0.15, 0.2) is 0 Å². The highest BCUT2D eigenvalue weighted by Crippen LogP contribution is 2.31. The summed E-state index contributed by atoms with van der Waals surface area (Å²) in [7, 11) is 0. The van der Waals surface area contributed by atoms with Crippen molar-refractivity contribution in [3.05, 3.63) is 35.4 Å². The summed E-state index contributed by atoms with van der Waals surface area (Å²) in [5, 5.41) is 9.04. The minimum atomic E-state index is -0.816. The number of nitrogens with two attached hydrogens (primary N) is 1. The van der Waals surface area contributed by atoms with Crippen molar-refractivity contribution in [1.82, 2.24) is 0 Å². The lowest BCUT2D eigenvalue weighted by Crippen LogP contribution is -2.40. The first-order valence-corrected chi connectivity index (χ1v) is 6.63. The first kappa shape index (κ1) is 15.7. The molecule has 1 rings (SSSR count). The van der Waals surface area contributed by atoms with Crippen LogP contribution in [0.1, 0.15) is 58.1 Å². The molecule has 3 heteroatoms. The second-order valence-electron chi connectivity index (χ2n) is 6.84. The van der Waals surface area contributed by atoms with Gasteiger partial charge in [-0.25, -0.2) is 0 Å². The van der Waals surface area contributed by atoms with Crippen LogP contribution in [0.5, 0.6) is 0 Å². The van der Waals surface area contributed by atoms with Crippen LogP contribution in [0.25, 0.3) is 0 Å². The van der Waals surface area contributed by atoms with E-state index in [0.29, 0.717) is 0 Å². The van der Waals surface area contributed by atoms with Gasteiger partial charge in [0, 0.05) is 11.5 Å². The summed E-state index contributed by atoms with van der Waals surface area (Å²) in [5.74, 6) is -0.998. The highest BCUT2D eigenvalue weighted by atomic mass is 16.4. The predicted octanol–water partition coefficient (Wildman–Crippen LogP) is 3.28. The topological polar surface area (TPSA) is 63.3 Å². The highest BCUT2D eigenvalue weighted by molar-refractivity contribution is 5.68. The standard InChI is InChI=1S/C16H25NO2/c1-15(2,3)12-8-6-11(7-9-12)13(10-14(18)19)16(4,5)17/h6-9,13H,10,17H2,1-5H3,(H,18,19). The molecule has 106 valence electrons. The first-order chi connectivity index (χ1) is 8.51. The number of aliphatic carboxylic acids is 1. The molecule has 0 spiro atoms. The molecule has 0 bridgehead atoms. The Kier molecular flexibility index (Phi) is 4.41. The molecule has 3 nitrogen and oxygen atoms in total. The number of carboxylic acid groups (broad SMARTS) is 1. The molecule has 0 amide bonds. The van der Waals surface area contributed by atoms with Crippen molar-refractivity contribution < 1.29 is 9.90 Å². The zero-order valence-corrected chi connectivity index (χ0v) is 12.5. The second kappa shape index (κ2) is 5.33. The van der Waals surface area contributed by atoms with Crippen LogP contribution in [0, 0.1) is 0 Å². The van der Waals surface area contributed by atoms with Crippen LogP contribution >= 0.6 is 0 Å². The van der Waals surface area contributed by atoms with Crippen LogP contribution in [-0.4, -0.2) is 16.6 Å². The highest BCUT2D eigenvalue weighted by Gasteiger charge is 2.29. The average Bonchev–Trinajstić information content (AvgIpc) is 2.23. The molecule has 0 saturated carbocycles. The third-order valence-electron chi connectivity index (χ3n) is 3.46. The van der Waals surface area contributed by atoms with Crippen molar-refractivity contribution in [3.63, 3.8) is 0 Å². The number of hydrogen-bond donors (Lipinski definition) is 2. The summed E-state index contributed by atoms with van der Waals surface area (Å²) in [6.45, 7) is 10.2. The molecule has 0 fully saturated rings. The maximum absolute atomic E-state index is 11.0. The number of hydrogen-bond acceptors (Lipinski definition) is 2. The smallest absolute Gasteiger partial charge is 0.304 e. The Labute approximate surface area is 115 Å². The molecule has 0 aliphatic rings. The summed E-state index contributed by atoms with van der Waals surface area (Å²) in [5.41, 5.74) is 7.89. The van der Waals surface area contributed by atoms with Crippen molar-refractivity contribution in [2.45, 2.75) is 57.9 Å². The SMILES string of the molecule is CC(C)(C)c1ccc(C(CC(=O)O)C(C)(C)N)cc1. The monoisotopic (exact) mass is 263 g/mol. The van der Waals surface area contributed by atoms with Gasteiger partial charge in [-0.05, 0) is 30.4 Å². The Hall–Kier alpha value is -1.35. The molecule has 0 heterocycles. The van der Waals surface area contributed by atoms with Gasteiger partial charge in [-0.15, -0.1) is 0 Å². The lowest BCUT2D eigenvalue weighted by molar-refractivity contribution is -0.137. The molecular formula is C16H25NO2. The molecule has 0 aliphatic heterocycles. The molecule has 3 N–H and O–H groups in total. The van der Waals surface area contributed by atoms with E-state index in [1.165, 1.54) is 5.56 Å². The molecule has 0 aromatic heterocycles. The Balaban J connectivity index is 3.08. The van der Waals surface area contributed by atoms with E-state index < -0.39 is 11.5 Å². The maximum Gasteiger partial charge on any atom is 0.304 e. The van der Waals surface area contributed by atoms with Crippen LogP contribution in [0.4, 0.5) is 0 Å². The van der Waals surface area contributed by atoms with Gasteiger partial charge < -0.3 is 10.8 Å². The number of carboxylic acids is 1. The summed E-state index contributed by atoms with van der Waals surface area (Å²) >= 11 is 0. The Morgan fingerprint density at radius 1 is 1.16 bits per heavy atom. The van der Waals surface area contributed by atoms with E-state index in [1.807, 2.05) is 26.0 Å². The summed E-state index contributed by atoms with van der Waals surface area (Å²) in [6.07, 6.45) is 0.0539. The molecule has 1 atom stereocenters. The van der Waals surface area contributed by atoms with Crippen LogP contribution in [0.2, 0.25) is 0 Å². The van der Waals surface area contributed by atoms with Gasteiger partial charge in [0.05, 0.1) is 6.42 Å². The van der Waals surface area contributed by atoms with Gasteiger partial charge in [-0.2, -0.15) is 0 Å². The van der Waals surface area contributed by atoms with Gasteiger partial charge >= 0.3 is 5.97 Å². The van der Waals surface area contributed by atoms with E-state index in [4.69, 9.17) is 10.8 Å². The van der Waals surface area contributed by atoms with E-state index >= 15 is 0 Å². The summed E-state index contributed by atoms with van der Waals surface area (Å²) < 4.78 is 0. The number of carbonyl (C=O) groups is 1. The van der Waals surface area contributed by atoms with Gasteiger partial charge in [-0.1, -0.05) is 45.0 Å². The molecule has 1 unspecified atom stereocenters. The van der Waals surface area contributed by atoms with Crippen LogP contribution in [-0.2, 0) is 10.2 Å².